The highest BCUT2D eigenvalue weighted by atomic mass is 19.1. The third-order valence-electron chi connectivity index (χ3n) is 5.68. The standard InChI is InChI=1S/C21H26FN7O/c1-11-13-9-12(7-8-18(13)29(2)28-11)25-20-14(19(24)30)10-15(22)21(27-20)26-17-6-4-3-5-16(17)23/h7-10,16-17H,3-6,23H2,1-2H3,(H2,24,30)(H2,25,26,27)/t16-,17?/m0/s1. The van der Waals surface area contributed by atoms with Gasteiger partial charge in [-0.05, 0) is 44.0 Å². The van der Waals surface area contributed by atoms with E-state index in [4.69, 9.17) is 11.5 Å². The van der Waals surface area contributed by atoms with Gasteiger partial charge in [0.05, 0.1) is 16.8 Å². The summed E-state index contributed by atoms with van der Waals surface area (Å²) in [6, 6.07) is 6.67. The van der Waals surface area contributed by atoms with Crippen molar-refractivity contribution < 1.29 is 9.18 Å². The summed E-state index contributed by atoms with van der Waals surface area (Å²) in [7, 11) is 1.88. The van der Waals surface area contributed by atoms with Crippen molar-refractivity contribution in [2.24, 2.45) is 18.5 Å². The molecular weight excluding hydrogens is 385 g/mol. The Morgan fingerprint density at radius 1 is 1.23 bits per heavy atom. The lowest BCUT2D eigenvalue weighted by atomic mass is 9.91. The van der Waals surface area contributed by atoms with Gasteiger partial charge in [0.2, 0.25) is 0 Å². The van der Waals surface area contributed by atoms with Gasteiger partial charge in [-0.2, -0.15) is 5.10 Å². The number of primary amides is 1. The number of hydrogen-bond donors (Lipinski definition) is 4. The molecule has 2 atom stereocenters. The van der Waals surface area contributed by atoms with Crippen LogP contribution in [0.5, 0.6) is 0 Å². The molecule has 0 radical (unpaired) electrons. The third-order valence-corrected chi connectivity index (χ3v) is 5.68. The van der Waals surface area contributed by atoms with E-state index in [1.165, 1.54) is 0 Å². The highest BCUT2D eigenvalue weighted by Gasteiger charge is 2.24. The van der Waals surface area contributed by atoms with Crippen molar-refractivity contribution in [3.63, 3.8) is 0 Å². The number of amides is 1. The van der Waals surface area contributed by atoms with E-state index in [1.807, 2.05) is 32.2 Å². The number of hydrogen-bond acceptors (Lipinski definition) is 6. The van der Waals surface area contributed by atoms with Gasteiger partial charge in [0.15, 0.2) is 11.6 Å². The largest absolute Gasteiger partial charge is 0.365 e. The first-order chi connectivity index (χ1) is 14.3. The van der Waals surface area contributed by atoms with Gasteiger partial charge in [0.25, 0.3) is 5.91 Å². The fraction of sp³-hybridized carbons (Fsp3) is 0.381. The zero-order valence-electron chi connectivity index (χ0n) is 17.1. The second kappa shape index (κ2) is 7.91. The van der Waals surface area contributed by atoms with E-state index < -0.39 is 11.7 Å². The van der Waals surface area contributed by atoms with Crippen molar-refractivity contribution in [3.8, 4) is 0 Å². The number of anilines is 3. The van der Waals surface area contributed by atoms with Gasteiger partial charge in [-0.15, -0.1) is 0 Å². The number of carbonyl (C=O) groups excluding carboxylic acids is 1. The first-order valence-corrected chi connectivity index (χ1v) is 10.1. The molecule has 1 amide bonds. The second-order valence-corrected chi connectivity index (χ2v) is 7.84. The van der Waals surface area contributed by atoms with Gasteiger partial charge >= 0.3 is 0 Å². The summed E-state index contributed by atoms with van der Waals surface area (Å²) in [5, 5.41) is 11.6. The van der Waals surface area contributed by atoms with Gasteiger partial charge in [-0.3, -0.25) is 9.48 Å². The minimum Gasteiger partial charge on any atom is -0.365 e. The van der Waals surface area contributed by atoms with E-state index in [0.717, 1.165) is 48.3 Å². The van der Waals surface area contributed by atoms with Crippen molar-refractivity contribution in [2.75, 3.05) is 10.6 Å². The SMILES string of the molecule is Cc1nn(C)c2ccc(Nc3nc(NC4CCCC[C@@H]4N)c(F)cc3C(N)=O)cc12. The van der Waals surface area contributed by atoms with Gasteiger partial charge in [0.1, 0.15) is 5.82 Å². The van der Waals surface area contributed by atoms with Crippen molar-refractivity contribution >= 4 is 34.1 Å². The Balaban J connectivity index is 1.68. The van der Waals surface area contributed by atoms with Crippen LogP contribution in [0, 0.1) is 12.7 Å². The summed E-state index contributed by atoms with van der Waals surface area (Å²) in [6.45, 7) is 1.92. The average molecular weight is 411 g/mol. The molecule has 6 N–H and O–H groups in total. The molecule has 1 aliphatic rings. The predicted octanol–water partition coefficient (Wildman–Crippen LogP) is 2.94. The third kappa shape index (κ3) is 3.80. The number of aryl methyl sites for hydroxylation is 2. The molecule has 1 aromatic carbocycles. The highest BCUT2D eigenvalue weighted by molar-refractivity contribution is 5.99. The van der Waals surface area contributed by atoms with Gasteiger partial charge in [0, 0.05) is 30.2 Å². The molecular formula is C21H26FN7O. The highest BCUT2D eigenvalue weighted by Crippen LogP contribution is 2.28. The molecule has 0 spiro atoms. The number of carbonyl (C=O) groups is 1. The molecule has 1 unspecified atom stereocenters. The topological polar surface area (TPSA) is 124 Å². The van der Waals surface area contributed by atoms with E-state index >= 15 is 0 Å². The maximum atomic E-state index is 14.7. The Morgan fingerprint density at radius 3 is 2.73 bits per heavy atom. The molecule has 3 aromatic rings. The molecule has 30 heavy (non-hydrogen) atoms. The van der Waals surface area contributed by atoms with Crippen molar-refractivity contribution in [1.29, 1.82) is 0 Å². The minimum absolute atomic E-state index is 0.0194. The summed E-state index contributed by atoms with van der Waals surface area (Å²) < 4.78 is 16.5. The lowest BCUT2D eigenvalue weighted by Crippen LogP contribution is -2.43. The Kier molecular flexibility index (Phi) is 5.29. The summed E-state index contributed by atoms with van der Waals surface area (Å²) in [5.74, 6) is -1.14. The summed E-state index contributed by atoms with van der Waals surface area (Å²) in [6.07, 6.45) is 3.83. The minimum atomic E-state index is -0.761. The molecule has 4 rings (SSSR count). The van der Waals surface area contributed by atoms with E-state index in [2.05, 4.69) is 20.7 Å². The number of aromatic nitrogens is 3. The smallest absolute Gasteiger partial charge is 0.252 e. The molecule has 8 nitrogen and oxygen atoms in total. The lowest BCUT2D eigenvalue weighted by Gasteiger charge is -2.30. The fourth-order valence-corrected chi connectivity index (χ4v) is 4.04. The molecule has 2 heterocycles. The summed E-state index contributed by atoms with van der Waals surface area (Å²) in [5.41, 5.74) is 14.2. The Labute approximate surface area is 173 Å². The first kappa shape index (κ1) is 20.1. The maximum absolute atomic E-state index is 14.7. The summed E-state index contributed by atoms with van der Waals surface area (Å²) in [4.78, 5) is 16.3. The van der Waals surface area contributed by atoms with Crippen molar-refractivity contribution in [1.82, 2.24) is 14.8 Å². The molecule has 0 saturated heterocycles. The van der Waals surface area contributed by atoms with Crippen LogP contribution in [0.15, 0.2) is 24.3 Å². The number of nitrogens with zero attached hydrogens (tertiary/aromatic N) is 3. The number of nitrogens with one attached hydrogen (secondary N) is 2. The number of pyridine rings is 1. The van der Waals surface area contributed by atoms with Crippen LogP contribution in [0.4, 0.5) is 21.7 Å². The normalized spacial score (nSPS) is 19.1. The molecule has 0 bridgehead atoms. The zero-order chi connectivity index (χ0) is 21.4. The number of halogens is 1. The first-order valence-electron chi connectivity index (χ1n) is 10.1. The van der Waals surface area contributed by atoms with Crippen LogP contribution in [0.2, 0.25) is 0 Å². The van der Waals surface area contributed by atoms with E-state index in [1.54, 1.807) is 4.68 Å². The van der Waals surface area contributed by atoms with Crippen LogP contribution in [0.25, 0.3) is 10.9 Å². The zero-order valence-corrected chi connectivity index (χ0v) is 17.1. The van der Waals surface area contributed by atoms with Crippen LogP contribution in [0.3, 0.4) is 0 Å². The van der Waals surface area contributed by atoms with E-state index in [9.17, 15) is 9.18 Å². The molecule has 1 fully saturated rings. The molecule has 2 aromatic heterocycles. The van der Waals surface area contributed by atoms with Crippen LogP contribution < -0.4 is 22.1 Å². The van der Waals surface area contributed by atoms with Crippen LogP contribution in [-0.2, 0) is 7.05 Å². The molecule has 1 aliphatic carbocycles. The Bertz CT molecular complexity index is 1110. The number of nitrogens with two attached hydrogens (primary N) is 2. The van der Waals surface area contributed by atoms with Crippen LogP contribution in [0.1, 0.15) is 41.7 Å². The van der Waals surface area contributed by atoms with E-state index in [-0.39, 0.29) is 29.3 Å². The number of benzene rings is 1. The molecule has 158 valence electrons. The van der Waals surface area contributed by atoms with Gasteiger partial charge < -0.3 is 22.1 Å². The summed E-state index contributed by atoms with van der Waals surface area (Å²) >= 11 is 0. The predicted molar refractivity (Wildman–Crippen MR) is 115 cm³/mol. The van der Waals surface area contributed by atoms with Crippen LogP contribution in [-0.4, -0.2) is 32.8 Å². The molecule has 9 heteroatoms. The van der Waals surface area contributed by atoms with Crippen LogP contribution >= 0.6 is 0 Å². The fourth-order valence-electron chi connectivity index (χ4n) is 4.04. The van der Waals surface area contributed by atoms with Gasteiger partial charge in [-0.25, -0.2) is 9.37 Å². The number of rotatable bonds is 5. The quantitative estimate of drug-likeness (QED) is 0.512. The lowest BCUT2D eigenvalue weighted by molar-refractivity contribution is 0.100. The van der Waals surface area contributed by atoms with E-state index in [0.29, 0.717) is 5.69 Å². The van der Waals surface area contributed by atoms with Crippen molar-refractivity contribution in [2.45, 2.75) is 44.7 Å². The maximum Gasteiger partial charge on any atom is 0.252 e. The van der Waals surface area contributed by atoms with Gasteiger partial charge in [-0.1, -0.05) is 12.8 Å². The molecule has 1 saturated carbocycles. The molecule has 0 aliphatic heterocycles. The second-order valence-electron chi connectivity index (χ2n) is 7.84. The van der Waals surface area contributed by atoms with Crippen molar-refractivity contribution in [3.05, 3.63) is 41.3 Å². The Morgan fingerprint density at radius 2 is 2.00 bits per heavy atom. The Hall–Kier alpha value is -3.20. The monoisotopic (exact) mass is 411 g/mol. The number of fused-ring (bicyclic) bond motifs is 1. The average Bonchev–Trinajstić information content (AvgIpc) is 2.99.